The predicted octanol–water partition coefficient (Wildman–Crippen LogP) is -2.52. The topological polar surface area (TPSA) is 179 Å². The number of nitrogens with one attached hydrogen (secondary N) is 1. The van der Waals surface area contributed by atoms with Crippen molar-refractivity contribution in [3.05, 3.63) is 32.9 Å². The zero-order chi connectivity index (χ0) is 19.6. The number of ketones is 1. The SMILES string of the molecule is O=C(O)CCCC(=O)[C@@]1(O)[C@@H](CO)O[C@@H](n2cc(F)c(=O)[nH]c2=O)[C@@H]1O. The van der Waals surface area contributed by atoms with Crippen molar-refractivity contribution >= 4 is 11.8 Å². The first kappa shape index (κ1) is 19.9. The summed E-state index contributed by atoms with van der Waals surface area (Å²) in [6, 6.07) is 0. The number of aliphatic carboxylic acids is 1. The highest BCUT2D eigenvalue weighted by atomic mass is 19.1. The first-order valence-electron chi connectivity index (χ1n) is 7.55. The Hall–Kier alpha value is -2.41. The van der Waals surface area contributed by atoms with Gasteiger partial charge >= 0.3 is 11.7 Å². The largest absolute Gasteiger partial charge is 0.481 e. The fourth-order valence-corrected chi connectivity index (χ4v) is 2.75. The van der Waals surface area contributed by atoms with E-state index in [1.807, 2.05) is 0 Å². The zero-order valence-corrected chi connectivity index (χ0v) is 13.3. The molecule has 0 spiro atoms. The molecule has 1 aliphatic heterocycles. The molecule has 4 atom stereocenters. The van der Waals surface area contributed by atoms with Crippen molar-refractivity contribution in [1.82, 2.24) is 9.55 Å². The van der Waals surface area contributed by atoms with Gasteiger partial charge in [0.2, 0.25) is 5.82 Å². The van der Waals surface area contributed by atoms with Crippen LogP contribution < -0.4 is 11.2 Å². The number of nitrogens with zero attached hydrogens (tertiary/aromatic N) is 1. The third-order valence-corrected chi connectivity index (χ3v) is 4.12. The summed E-state index contributed by atoms with van der Waals surface area (Å²) in [6.45, 7) is -0.921. The van der Waals surface area contributed by atoms with Crippen LogP contribution in [-0.2, 0) is 14.3 Å². The number of H-pyrrole nitrogens is 1. The van der Waals surface area contributed by atoms with E-state index in [2.05, 4.69) is 0 Å². The molecule has 11 nitrogen and oxygen atoms in total. The Bertz CT molecular complexity index is 819. The zero-order valence-electron chi connectivity index (χ0n) is 13.3. The molecule has 5 N–H and O–H groups in total. The Morgan fingerprint density at radius 3 is 2.58 bits per heavy atom. The molecule has 1 saturated heterocycles. The van der Waals surface area contributed by atoms with Crippen LogP contribution in [0.4, 0.5) is 4.39 Å². The lowest BCUT2D eigenvalue weighted by Crippen LogP contribution is -2.55. The maximum atomic E-state index is 13.4. The van der Waals surface area contributed by atoms with Crippen molar-refractivity contribution < 1.29 is 39.1 Å². The molecule has 0 bridgehead atoms. The van der Waals surface area contributed by atoms with Crippen LogP contribution in [-0.4, -0.2) is 66.1 Å². The number of aromatic nitrogens is 2. The van der Waals surface area contributed by atoms with Gasteiger partial charge in [-0.25, -0.2) is 4.79 Å². The second-order valence-corrected chi connectivity index (χ2v) is 5.78. The van der Waals surface area contributed by atoms with Crippen LogP contribution in [0, 0.1) is 5.82 Å². The number of carboxylic acids is 1. The van der Waals surface area contributed by atoms with Crippen molar-refractivity contribution in [3.8, 4) is 0 Å². The summed E-state index contributed by atoms with van der Waals surface area (Å²) in [4.78, 5) is 47.3. The number of carbonyl (C=O) groups is 2. The molecule has 144 valence electrons. The summed E-state index contributed by atoms with van der Waals surface area (Å²) >= 11 is 0. The second-order valence-electron chi connectivity index (χ2n) is 5.78. The number of ether oxygens (including phenoxy) is 1. The van der Waals surface area contributed by atoms with Crippen LogP contribution >= 0.6 is 0 Å². The molecule has 1 aliphatic rings. The van der Waals surface area contributed by atoms with Gasteiger partial charge < -0.3 is 25.2 Å². The predicted molar refractivity (Wildman–Crippen MR) is 79.7 cm³/mol. The molecule has 0 aromatic carbocycles. The number of carbonyl (C=O) groups excluding carboxylic acids is 1. The number of Topliss-reactive ketones (excluding diaryl/α,β-unsaturated/α-hetero) is 1. The van der Waals surface area contributed by atoms with Gasteiger partial charge in [0.05, 0.1) is 12.8 Å². The minimum absolute atomic E-state index is 0.140. The number of aliphatic hydroxyl groups excluding tert-OH is 2. The van der Waals surface area contributed by atoms with Gasteiger partial charge in [0.15, 0.2) is 17.6 Å². The fourth-order valence-electron chi connectivity index (χ4n) is 2.75. The minimum atomic E-state index is -2.65. The minimum Gasteiger partial charge on any atom is -0.481 e. The monoisotopic (exact) mass is 376 g/mol. The van der Waals surface area contributed by atoms with Crippen LogP contribution in [0.1, 0.15) is 25.5 Å². The van der Waals surface area contributed by atoms with E-state index in [0.29, 0.717) is 10.8 Å². The molecular formula is C14H17FN2O9. The maximum Gasteiger partial charge on any atom is 0.330 e. The number of aliphatic hydroxyl groups is 3. The molecule has 0 amide bonds. The third kappa shape index (κ3) is 3.44. The molecule has 0 aliphatic carbocycles. The van der Waals surface area contributed by atoms with Gasteiger partial charge in [0.25, 0.3) is 5.56 Å². The highest BCUT2D eigenvalue weighted by molar-refractivity contribution is 5.89. The van der Waals surface area contributed by atoms with Gasteiger partial charge in [-0.2, -0.15) is 4.39 Å². The average molecular weight is 376 g/mol. The number of hydrogen-bond donors (Lipinski definition) is 5. The van der Waals surface area contributed by atoms with Crippen LogP contribution in [0.2, 0.25) is 0 Å². The second kappa shape index (κ2) is 7.45. The van der Waals surface area contributed by atoms with Crippen molar-refractivity contribution in [2.75, 3.05) is 6.61 Å². The molecule has 0 unspecified atom stereocenters. The van der Waals surface area contributed by atoms with E-state index in [1.165, 1.54) is 0 Å². The molecule has 12 heteroatoms. The first-order valence-corrected chi connectivity index (χ1v) is 7.55. The molecular weight excluding hydrogens is 359 g/mol. The van der Waals surface area contributed by atoms with Crippen molar-refractivity contribution in [2.24, 2.45) is 0 Å². The number of aromatic amines is 1. The number of carboxylic acid groups (broad SMARTS) is 1. The number of hydrogen-bond acceptors (Lipinski definition) is 8. The summed E-state index contributed by atoms with van der Waals surface area (Å²) in [5.41, 5.74) is -5.12. The lowest BCUT2D eigenvalue weighted by Gasteiger charge is -2.28. The van der Waals surface area contributed by atoms with Gasteiger partial charge in [0, 0.05) is 12.8 Å². The molecule has 2 heterocycles. The Morgan fingerprint density at radius 1 is 1.35 bits per heavy atom. The molecule has 0 saturated carbocycles. The Balaban J connectivity index is 2.33. The van der Waals surface area contributed by atoms with Gasteiger partial charge in [-0.05, 0) is 6.42 Å². The summed E-state index contributed by atoms with van der Waals surface area (Å²) in [6.07, 6.45) is -6.01. The summed E-state index contributed by atoms with van der Waals surface area (Å²) in [5.74, 6) is -3.55. The average Bonchev–Trinajstić information content (AvgIpc) is 2.83. The van der Waals surface area contributed by atoms with Crippen molar-refractivity contribution in [1.29, 1.82) is 0 Å². The maximum absolute atomic E-state index is 13.4. The van der Waals surface area contributed by atoms with Gasteiger partial charge in [-0.1, -0.05) is 0 Å². The van der Waals surface area contributed by atoms with Crippen molar-refractivity contribution in [2.45, 2.75) is 43.3 Å². The van der Waals surface area contributed by atoms with Crippen LogP contribution in [0.25, 0.3) is 0 Å². The van der Waals surface area contributed by atoms with E-state index >= 15 is 0 Å². The molecule has 1 aromatic heterocycles. The smallest absolute Gasteiger partial charge is 0.330 e. The number of halogens is 1. The molecule has 1 aromatic rings. The Labute approximate surface area is 144 Å². The fraction of sp³-hybridized carbons (Fsp3) is 0.571. The van der Waals surface area contributed by atoms with E-state index in [1.54, 1.807) is 4.98 Å². The summed E-state index contributed by atoms with van der Waals surface area (Å²) in [5, 5.41) is 38.9. The van der Waals surface area contributed by atoms with E-state index in [9.17, 15) is 38.9 Å². The normalized spacial score (nSPS) is 28.2. The standard InChI is InChI=1S/C14H17FN2O9/c15-6-4-17(13(24)16-11(6)23)12-10(22)14(25,8(5-18)26-12)7(19)2-1-3-9(20)21/h4,8,10,12,18,22,25H,1-3,5H2,(H,20,21)(H,16,23,24)/t8-,10+,12-,14-/m1/s1. The Kier molecular flexibility index (Phi) is 5.71. The van der Waals surface area contributed by atoms with Crippen LogP contribution in [0.5, 0.6) is 0 Å². The van der Waals surface area contributed by atoms with Gasteiger partial charge in [-0.15, -0.1) is 0 Å². The third-order valence-electron chi connectivity index (χ3n) is 4.12. The highest BCUT2D eigenvalue weighted by Crippen LogP contribution is 2.38. The van der Waals surface area contributed by atoms with E-state index in [4.69, 9.17) is 9.84 Å². The molecule has 1 fully saturated rings. The number of rotatable bonds is 7. The summed E-state index contributed by atoms with van der Waals surface area (Å²) in [7, 11) is 0. The van der Waals surface area contributed by atoms with E-state index in [0.717, 1.165) is 0 Å². The first-order chi connectivity index (χ1) is 12.1. The lowest BCUT2D eigenvalue weighted by atomic mass is 9.85. The Morgan fingerprint density at radius 2 is 2.00 bits per heavy atom. The lowest BCUT2D eigenvalue weighted by molar-refractivity contribution is -0.154. The van der Waals surface area contributed by atoms with Crippen LogP contribution in [0.3, 0.4) is 0 Å². The van der Waals surface area contributed by atoms with Gasteiger partial charge in [0.1, 0.15) is 12.2 Å². The molecule has 2 rings (SSSR count). The van der Waals surface area contributed by atoms with E-state index in [-0.39, 0.29) is 12.8 Å². The van der Waals surface area contributed by atoms with Crippen molar-refractivity contribution in [3.63, 3.8) is 0 Å². The quantitative estimate of drug-likeness (QED) is 0.343. The van der Waals surface area contributed by atoms with Gasteiger partial charge in [-0.3, -0.25) is 23.9 Å². The van der Waals surface area contributed by atoms with Crippen LogP contribution in [0.15, 0.2) is 15.8 Å². The molecule has 0 radical (unpaired) electrons. The molecule has 26 heavy (non-hydrogen) atoms. The summed E-state index contributed by atoms with van der Waals surface area (Å²) < 4.78 is 19.0. The van der Waals surface area contributed by atoms with E-state index < -0.39 is 65.9 Å². The highest BCUT2D eigenvalue weighted by Gasteiger charge is 2.60.